The molecule has 88 valence electrons. The van der Waals surface area contributed by atoms with Crippen LogP contribution in [-0.2, 0) is 11.2 Å². The van der Waals surface area contributed by atoms with Crippen molar-refractivity contribution in [2.75, 3.05) is 0 Å². The zero-order valence-corrected chi connectivity index (χ0v) is 9.36. The lowest BCUT2D eigenvalue weighted by Gasteiger charge is -1.97. The van der Waals surface area contributed by atoms with E-state index in [9.17, 15) is 14.9 Å². The van der Waals surface area contributed by atoms with Crippen LogP contribution in [0.2, 0.25) is 0 Å². The number of nitrogens with zero attached hydrogens (tertiary/aromatic N) is 2. The highest BCUT2D eigenvalue weighted by Crippen LogP contribution is 2.27. The van der Waals surface area contributed by atoms with Crippen LogP contribution in [0.4, 0.5) is 5.69 Å². The van der Waals surface area contributed by atoms with Crippen molar-refractivity contribution in [1.82, 2.24) is 9.80 Å². The third-order valence-electron chi connectivity index (χ3n) is 2.23. The van der Waals surface area contributed by atoms with Gasteiger partial charge in [-0.05, 0) is 17.6 Å². The Balaban J connectivity index is 2.46. The van der Waals surface area contributed by atoms with Gasteiger partial charge in [0.1, 0.15) is 0 Å². The molecular weight excluding hydrogens is 244 g/mol. The molecule has 1 heterocycles. The van der Waals surface area contributed by atoms with Gasteiger partial charge in [-0.1, -0.05) is 0 Å². The molecule has 0 radical (unpaired) electrons. The molecular formula is C9H8N4O3S. The molecule has 1 amide bonds. The zero-order valence-electron chi connectivity index (χ0n) is 8.54. The van der Waals surface area contributed by atoms with E-state index in [1.807, 2.05) is 5.43 Å². The Morgan fingerprint density at radius 1 is 1.59 bits per heavy atom. The van der Waals surface area contributed by atoms with Gasteiger partial charge in [-0.15, -0.1) is 0 Å². The van der Waals surface area contributed by atoms with E-state index in [0.29, 0.717) is 11.1 Å². The fraction of sp³-hybridized carbons (Fsp3) is 0.111. The SMILES string of the molecule is NNC(=O)Cc1nsc2ccc([N+](=O)[O-])cc12. The van der Waals surface area contributed by atoms with Crippen molar-refractivity contribution in [3.05, 3.63) is 34.0 Å². The van der Waals surface area contributed by atoms with Gasteiger partial charge in [0, 0.05) is 17.5 Å². The average Bonchev–Trinajstić information content (AvgIpc) is 2.71. The summed E-state index contributed by atoms with van der Waals surface area (Å²) in [7, 11) is 0. The van der Waals surface area contributed by atoms with Crippen LogP contribution in [0, 0.1) is 10.1 Å². The molecule has 0 spiro atoms. The Morgan fingerprint density at radius 3 is 3.00 bits per heavy atom. The maximum atomic E-state index is 11.1. The standard InChI is InChI=1S/C9H8N4O3S/c10-11-9(14)4-7-6-3-5(13(15)16)1-2-8(6)17-12-7/h1-3H,4,10H2,(H,11,14). The Morgan fingerprint density at radius 2 is 2.35 bits per heavy atom. The number of nitro benzene ring substituents is 1. The summed E-state index contributed by atoms with van der Waals surface area (Å²) in [6.45, 7) is 0. The summed E-state index contributed by atoms with van der Waals surface area (Å²) in [6.07, 6.45) is 0.0116. The number of carbonyl (C=O) groups excluding carboxylic acids is 1. The zero-order chi connectivity index (χ0) is 12.4. The number of fused-ring (bicyclic) bond motifs is 1. The topological polar surface area (TPSA) is 111 Å². The first kappa shape index (κ1) is 11.4. The molecule has 2 aromatic rings. The van der Waals surface area contributed by atoms with Crippen molar-refractivity contribution in [3.8, 4) is 0 Å². The molecule has 17 heavy (non-hydrogen) atoms. The van der Waals surface area contributed by atoms with Gasteiger partial charge >= 0.3 is 0 Å². The minimum Gasteiger partial charge on any atom is -0.294 e. The monoisotopic (exact) mass is 252 g/mol. The van der Waals surface area contributed by atoms with Crippen LogP contribution < -0.4 is 11.3 Å². The van der Waals surface area contributed by atoms with Gasteiger partial charge in [-0.25, -0.2) is 5.84 Å². The van der Waals surface area contributed by atoms with E-state index >= 15 is 0 Å². The van der Waals surface area contributed by atoms with Crippen molar-refractivity contribution in [2.45, 2.75) is 6.42 Å². The summed E-state index contributed by atoms with van der Waals surface area (Å²) in [5.41, 5.74) is 2.47. The number of hydrazine groups is 1. The number of amides is 1. The van der Waals surface area contributed by atoms with Crippen LogP contribution in [0.15, 0.2) is 18.2 Å². The predicted molar refractivity (Wildman–Crippen MR) is 62.3 cm³/mol. The number of aromatic nitrogens is 1. The first-order valence-corrected chi connectivity index (χ1v) is 5.41. The minimum absolute atomic E-state index is 0.0116. The lowest BCUT2D eigenvalue weighted by molar-refractivity contribution is -0.384. The van der Waals surface area contributed by atoms with Gasteiger partial charge in [0.15, 0.2) is 0 Å². The van der Waals surface area contributed by atoms with Gasteiger partial charge in [0.05, 0.1) is 21.7 Å². The van der Waals surface area contributed by atoms with Crippen LogP contribution in [0.5, 0.6) is 0 Å². The fourth-order valence-electron chi connectivity index (χ4n) is 1.42. The predicted octanol–water partition coefficient (Wildman–Crippen LogP) is 0.737. The average molecular weight is 252 g/mol. The fourth-order valence-corrected chi connectivity index (χ4v) is 2.20. The number of hydrogen-bond acceptors (Lipinski definition) is 6. The first-order chi connectivity index (χ1) is 8.11. The van der Waals surface area contributed by atoms with Gasteiger partial charge in [-0.2, -0.15) is 4.37 Å². The quantitative estimate of drug-likeness (QED) is 0.362. The highest BCUT2D eigenvalue weighted by molar-refractivity contribution is 7.13. The molecule has 0 saturated carbocycles. The number of benzene rings is 1. The van der Waals surface area contributed by atoms with E-state index in [0.717, 1.165) is 4.70 Å². The Labute approximate surface area is 99.5 Å². The highest BCUT2D eigenvalue weighted by atomic mass is 32.1. The Kier molecular flexibility index (Phi) is 2.98. The maximum absolute atomic E-state index is 11.1. The highest BCUT2D eigenvalue weighted by Gasteiger charge is 2.13. The second kappa shape index (κ2) is 4.44. The summed E-state index contributed by atoms with van der Waals surface area (Å²) in [5, 5.41) is 11.3. The van der Waals surface area contributed by atoms with Crippen molar-refractivity contribution >= 4 is 33.2 Å². The summed E-state index contributed by atoms with van der Waals surface area (Å²) < 4.78 is 4.89. The van der Waals surface area contributed by atoms with Crippen LogP contribution in [-0.4, -0.2) is 15.2 Å². The molecule has 3 N–H and O–H groups in total. The molecule has 7 nitrogen and oxygen atoms in total. The van der Waals surface area contributed by atoms with Crippen molar-refractivity contribution in [1.29, 1.82) is 0 Å². The molecule has 1 aromatic heterocycles. The Hall–Kier alpha value is -2.06. The summed E-state index contributed by atoms with van der Waals surface area (Å²) >= 11 is 1.19. The molecule has 0 aliphatic rings. The largest absolute Gasteiger partial charge is 0.294 e. The molecule has 0 unspecified atom stereocenters. The van der Waals surface area contributed by atoms with E-state index in [1.165, 1.54) is 23.7 Å². The second-order valence-electron chi connectivity index (χ2n) is 3.31. The summed E-state index contributed by atoms with van der Waals surface area (Å²) in [4.78, 5) is 21.3. The van der Waals surface area contributed by atoms with Gasteiger partial charge in [0.25, 0.3) is 5.69 Å². The van der Waals surface area contributed by atoms with Crippen molar-refractivity contribution in [2.24, 2.45) is 5.84 Å². The number of nitrogens with one attached hydrogen (secondary N) is 1. The van der Waals surface area contributed by atoms with E-state index in [4.69, 9.17) is 5.84 Å². The number of nitrogens with two attached hydrogens (primary N) is 1. The van der Waals surface area contributed by atoms with Crippen molar-refractivity contribution < 1.29 is 9.72 Å². The van der Waals surface area contributed by atoms with Gasteiger partial charge in [0.2, 0.25) is 5.91 Å². The molecule has 0 saturated heterocycles. The van der Waals surface area contributed by atoms with Crippen LogP contribution in [0.25, 0.3) is 10.1 Å². The van der Waals surface area contributed by atoms with E-state index < -0.39 is 4.92 Å². The molecule has 2 rings (SSSR count). The maximum Gasteiger partial charge on any atom is 0.270 e. The minimum atomic E-state index is -0.482. The van der Waals surface area contributed by atoms with Crippen LogP contribution >= 0.6 is 11.5 Å². The molecule has 0 bridgehead atoms. The summed E-state index contributed by atoms with van der Waals surface area (Å²) in [6, 6.07) is 4.44. The first-order valence-electron chi connectivity index (χ1n) is 4.64. The van der Waals surface area contributed by atoms with Crippen LogP contribution in [0.1, 0.15) is 5.69 Å². The molecule has 0 atom stereocenters. The summed E-state index contributed by atoms with van der Waals surface area (Å²) in [5.74, 6) is 4.59. The van der Waals surface area contributed by atoms with Crippen LogP contribution in [0.3, 0.4) is 0 Å². The third kappa shape index (κ3) is 2.22. The molecule has 0 fully saturated rings. The smallest absolute Gasteiger partial charge is 0.270 e. The number of rotatable bonds is 3. The van der Waals surface area contributed by atoms with E-state index in [1.54, 1.807) is 6.07 Å². The van der Waals surface area contributed by atoms with E-state index in [-0.39, 0.29) is 18.0 Å². The normalized spacial score (nSPS) is 10.4. The number of hydrogen-bond donors (Lipinski definition) is 2. The lowest BCUT2D eigenvalue weighted by atomic mass is 10.1. The number of carbonyl (C=O) groups is 1. The number of nitro groups is 1. The molecule has 0 aliphatic heterocycles. The molecule has 1 aromatic carbocycles. The van der Waals surface area contributed by atoms with Crippen molar-refractivity contribution in [3.63, 3.8) is 0 Å². The Bertz CT molecular complexity index is 595. The number of non-ortho nitro benzene ring substituents is 1. The lowest BCUT2D eigenvalue weighted by Crippen LogP contribution is -2.31. The van der Waals surface area contributed by atoms with Gasteiger partial charge < -0.3 is 0 Å². The third-order valence-corrected chi connectivity index (χ3v) is 3.09. The second-order valence-corrected chi connectivity index (χ2v) is 4.12. The van der Waals surface area contributed by atoms with Gasteiger partial charge in [-0.3, -0.25) is 20.3 Å². The van der Waals surface area contributed by atoms with E-state index in [2.05, 4.69) is 4.37 Å². The molecule has 8 heteroatoms. The molecule has 0 aliphatic carbocycles.